The van der Waals surface area contributed by atoms with Gasteiger partial charge in [-0.15, -0.1) is 0 Å². The predicted molar refractivity (Wildman–Crippen MR) is 260 cm³/mol. The summed E-state index contributed by atoms with van der Waals surface area (Å²) in [6.07, 6.45) is 3.01. The van der Waals surface area contributed by atoms with Crippen LogP contribution < -0.4 is 0 Å². The molecule has 1 unspecified atom stereocenters. The van der Waals surface area contributed by atoms with E-state index in [2.05, 4.69) is 235 Å². The summed E-state index contributed by atoms with van der Waals surface area (Å²) in [5.41, 5.74) is 15.4. The molecule has 1 heterocycles. The molecule has 0 amide bonds. The standard InChI is InChI=1S/C60H45N/c1-3-12-43(13-4-1)45-28-30-47(31-29-45)49(41-55-16-11-21-59-60(55)57-19-9-10-20-58(57)61(59)56-17-5-2-6-18-56)27-24-42-22-25-46(26-23-42)50-34-35-53-40-54(37-36-52(53)39-50)51-33-32-44-14-7-8-15-48(44)38-51/h1-23,25-26,28-40,49H,24,27,41H2. The summed E-state index contributed by atoms with van der Waals surface area (Å²) in [7, 11) is 0. The summed E-state index contributed by atoms with van der Waals surface area (Å²) in [5, 5.41) is 7.73. The summed E-state index contributed by atoms with van der Waals surface area (Å²) in [6, 6.07) is 85.0. The molecule has 290 valence electrons. The second-order valence-corrected chi connectivity index (χ2v) is 16.5. The van der Waals surface area contributed by atoms with Crippen LogP contribution >= 0.6 is 0 Å². The summed E-state index contributed by atoms with van der Waals surface area (Å²) in [6.45, 7) is 0. The topological polar surface area (TPSA) is 4.93 Å². The van der Waals surface area contributed by atoms with Crippen molar-refractivity contribution in [3.8, 4) is 39.1 Å². The molecule has 0 aliphatic carbocycles. The lowest BCUT2D eigenvalue weighted by atomic mass is 9.85. The van der Waals surface area contributed by atoms with E-state index in [0.717, 1.165) is 19.3 Å². The molecule has 1 atom stereocenters. The first kappa shape index (κ1) is 36.6. The van der Waals surface area contributed by atoms with Crippen molar-refractivity contribution in [2.75, 3.05) is 0 Å². The Labute approximate surface area is 357 Å². The second kappa shape index (κ2) is 15.9. The minimum Gasteiger partial charge on any atom is -0.309 e. The lowest BCUT2D eigenvalue weighted by molar-refractivity contribution is 0.623. The Kier molecular flexibility index (Phi) is 9.56. The number of hydrogen-bond acceptors (Lipinski definition) is 0. The van der Waals surface area contributed by atoms with Gasteiger partial charge in [0, 0.05) is 16.5 Å². The Morgan fingerprint density at radius 2 is 0.869 bits per heavy atom. The smallest absolute Gasteiger partial charge is 0.0543 e. The van der Waals surface area contributed by atoms with Gasteiger partial charge in [0.25, 0.3) is 0 Å². The largest absolute Gasteiger partial charge is 0.309 e. The Balaban J connectivity index is 0.878. The van der Waals surface area contributed by atoms with Gasteiger partial charge in [-0.1, -0.05) is 188 Å². The summed E-state index contributed by atoms with van der Waals surface area (Å²) in [5.74, 6) is 0.342. The van der Waals surface area contributed by atoms with Gasteiger partial charge in [-0.25, -0.2) is 0 Å². The van der Waals surface area contributed by atoms with Gasteiger partial charge in [0.05, 0.1) is 11.0 Å². The van der Waals surface area contributed by atoms with E-state index in [9.17, 15) is 0 Å². The van der Waals surface area contributed by atoms with Crippen LogP contribution in [0, 0.1) is 0 Å². The molecule has 0 aliphatic rings. The van der Waals surface area contributed by atoms with E-state index in [1.807, 2.05) is 0 Å². The van der Waals surface area contributed by atoms with E-state index < -0.39 is 0 Å². The number of benzene rings is 10. The molecule has 11 rings (SSSR count). The van der Waals surface area contributed by atoms with Gasteiger partial charge in [0.2, 0.25) is 0 Å². The van der Waals surface area contributed by atoms with Crippen LogP contribution in [0.2, 0.25) is 0 Å². The molecule has 0 spiro atoms. The van der Waals surface area contributed by atoms with Crippen LogP contribution in [0.4, 0.5) is 0 Å². The van der Waals surface area contributed by atoms with Crippen molar-refractivity contribution in [3.05, 3.63) is 247 Å². The average molecular weight is 780 g/mol. The number of aryl methyl sites for hydroxylation is 1. The Morgan fingerprint density at radius 3 is 1.59 bits per heavy atom. The van der Waals surface area contributed by atoms with E-state index in [1.54, 1.807) is 0 Å². The lowest BCUT2D eigenvalue weighted by Crippen LogP contribution is -2.06. The van der Waals surface area contributed by atoms with Gasteiger partial charge >= 0.3 is 0 Å². The maximum Gasteiger partial charge on any atom is 0.0543 e. The normalized spacial score (nSPS) is 12.1. The van der Waals surface area contributed by atoms with Crippen molar-refractivity contribution in [2.45, 2.75) is 25.2 Å². The zero-order valence-electron chi connectivity index (χ0n) is 34.1. The Hall–Kier alpha value is -7.48. The summed E-state index contributed by atoms with van der Waals surface area (Å²) < 4.78 is 2.43. The molecule has 1 heteroatoms. The first-order valence-corrected chi connectivity index (χ1v) is 21.6. The quantitative estimate of drug-likeness (QED) is 0.130. The van der Waals surface area contributed by atoms with E-state index in [4.69, 9.17) is 0 Å². The predicted octanol–water partition coefficient (Wildman–Crippen LogP) is 16.1. The molecule has 0 saturated carbocycles. The van der Waals surface area contributed by atoms with Crippen molar-refractivity contribution in [1.29, 1.82) is 0 Å². The first-order chi connectivity index (χ1) is 30.2. The van der Waals surface area contributed by atoms with Gasteiger partial charge in [0.15, 0.2) is 0 Å². The molecule has 1 aromatic heterocycles. The fourth-order valence-corrected chi connectivity index (χ4v) is 9.53. The van der Waals surface area contributed by atoms with Gasteiger partial charge in [-0.2, -0.15) is 0 Å². The number of fused-ring (bicyclic) bond motifs is 5. The van der Waals surface area contributed by atoms with Crippen LogP contribution in [0.15, 0.2) is 231 Å². The van der Waals surface area contributed by atoms with Crippen molar-refractivity contribution in [3.63, 3.8) is 0 Å². The minimum atomic E-state index is 0.342. The number of aromatic nitrogens is 1. The van der Waals surface area contributed by atoms with Crippen LogP contribution in [-0.4, -0.2) is 4.57 Å². The van der Waals surface area contributed by atoms with E-state index in [-0.39, 0.29) is 0 Å². The van der Waals surface area contributed by atoms with Crippen LogP contribution in [0.3, 0.4) is 0 Å². The summed E-state index contributed by atoms with van der Waals surface area (Å²) >= 11 is 0. The third-order valence-corrected chi connectivity index (χ3v) is 12.7. The van der Waals surface area contributed by atoms with Crippen LogP contribution in [0.5, 0.6) is 0 Å². The van der Waals surface area contributed by atoms with Gasteiger partial charge in [-0.05, 0) is 139 Å². The number of rotatable bonds is 10. The molecule has 1 nitrogen and oxygen atoms in total. The molecular weight excluding hydrogens is 735 g/mol. The molecule has 61 heavy (non-hydrogen) atoms. The zero-order valence-corrected chi connectivity index (χ0v) is 34.1. The van der Waals surface area contributed by atoms with Crippen LogP contribution in [0.1, 0.15) is 29.0 Å². The van der Waals surface area contributed by atoms with Gasteiger partial charge < -0.3 is 4.57 Å². The van der Waals surface area contributed by atoms with Crippen LogP contribution in [-0.2, 0) is 12.8 Å². The molecule has 0 bridgehead atoms. The van der Waals surface area contributed by atoms with Crippen LogP contribution in [0.25, 0.3) is 82.4 Å². The molecule has 0 N–H and O–H groups in total. The maximum atomic E-state index is 2.43. The number of para-hydroxylation sites is 2. The van der Waals surface area contributed by atoms with Crippen molar-refractivity contribution < 1.29 is 0 Å². The third kappa shape index (κ3) is 7.19. The first-order valence-electron chi connectivity index (χ1n) is 21.6. The fourth-order valence-electron chi connectivity index (χ4n) is 9.53. The molecule has 0 aliphatic heterocycles. The Morgan fingerprint density at radius 1 is 0.361 bits per heavy atom. The van der Waals surface area contributed by atoms with E-state index in [0.29, 0.717) is 5.92 Å². The van der Waals surface area contributed by atoms with E-state index in [1.165, 1.54) is 99.1 Å². The molecule has 0 saturated heterocycles. The number of hydrogen-bond donors (Lipinski definition) is 0. The van der Waals surface area contributed by atoms with E-state index >= 15 is 0 Å². The molecule has 0 radical (unpaired) electrons. The molecule has 0 fully saturated rings. The molecule has 10 aromatic carbocycles. The highest BCUT2D eigenvalue weighted by Crippen LogP contribution is 2.38. The van der Waals surface area contributed by atoms with Gasteiger partial charge in [0.1, 0.15) is 0 Å². The highest BCUT2D eigenvalue weighted by molar-refractivity contribution is 6.11. The monoisotopic (exact) mass is 779 g/mol. The van der Waals surface area contributed by atoms with Gasteiger partial charge in [-0.3, -0.25) is 0 Å². The Bertz CT molecular complexity index is 3300. The highest BCUT2D eigenvalue weighted by atomic mass is 15.0. The second-order valence-electron chi connectivity index (χ2n) is 16.5. The average Bonchev–Trinajstić information content (AvgIpc) is 3.68. The molecular formula is C60H45N. The van der Waals surface area contributed by atoms with Crippen molar-refractivity contribution >= 4 is 43.4 Å². The lowest BCUT2D eigenvalue weighted by Gasteiger charge is -2.20. The van der Waals surface area contributed by atoms with Crippen molar-refractivity contribution in [2.24, 2.45) is 0 Å². The number of nitrogens with zero attached hydrogens (tertiary/aromatic N) is 1. The maximum absolute atomic E-state index is 2.43. The zero-order chi connectivity index (χ0) is 40.5. The summed E-state index contributed by atoms with van der Waals surface area (Å²) in [4.78, 5) is 0. The third-order valence-electron chi connectivity index (χ3n) is 12.7. The molecule has 11 aromatic rings. The van der Waals surface area contributed by atoms with Crippen molar-refractivity contribution in [1.82, 2.24) is 4.57 Å². The SMILES string of the molecule is c1ccc(-c2ccc(C(CCc3ccc(-c4ccc5cc(-c6ccc7ccccc7c6)ccc5c4)cc3)Cc3cccc4c3c3ccccc3n4-c3ccccc3)cc2)cc1. The minimum absolute atomic E-state index is 0.342. The fraction of sp³-hybridized carbons (Fsp3) is 0.0667. The highest BCUT2D eigenvalue weighted by Gasteiger charge is 2.19.